The van der Waals surface area contributed by atoms with Crippen LogP contribution in [0.2, 0.25) is 0 Å². The van der Waals surface area contributed by atoms with Crippen molar-refractivity contribution in [3.05, 3.63) is 65.7 Å². The van der Waals surface area contributed by atoms with Gasteiger partial charge in [0.25, 0.3) is 0 Å². The molecule has 0 spiro atoms. The van der Waals surface area contributed by atoms with E-state index in [2.05, 4.69) is 36.3 Å². The molecule has 0 unspecified atom stereocenters. The lowest BCUT2D eigenvalue weighted by Gasteiger charge is -2.22. The molecule has 0 amide bonds. The Bertz CT molecular complexity index is 1720. The average molecular weight is 520 g/mol. The summed E-state index contributed by atoms with van der Waals surface area (Å²) in [6.07, 6.45) is 4.85. The minimum atomic E-state index is -3.41. The fraction of sp³-hybridized carbons (Fsp3) is 0.269. The van der Waals surface area contributed by atoms with Crippen LogP contribution in [0.25, 0.3) is 44.6 Å². The van der Waals surface area contributed by atoms with Gasteiger partial charge >= 0.3 is 0 Å². The summed E-state index contributed by atoms with van der Waals surface area (Å²) in [6, 6.07) is 12.4. The van der Waals surface area contributed by atoms with Crippen molar-refractivity contribution < 1.29 is 12.8 Å². The molecule has 9 nitrogen and oxygen atoms in total. The fourth-order valence-electron chi connectivity index (χ4n) is 4.96. The molecule has 4 aromatic heterocycles. The van der Waals surface area contributed by atoms with Crippen LogP contribution in [0, 0.1) is 5.82 Å². The Kier molecular flexibility index (Phi) is 5.98. The van der Waals surface area contributed by atoms with E-state index in [-0.39, 0.29) is 6.54 Å². The third kappa shape index (κ3) is 4.85. The topological polar surface area (TPSA) is 128 Å². The van der Waals surface area contributed by atoms with Gasteiger partial charge in [-0.2, -0.15) is 5.10 Å². The molecule has 1 fully saturated rings. The lowest BCUT2D eigenvalue weighted by atomic mass is 9.94. The smallest absolute Gasteiger partial charge is 0.209 e. The van der Waals surface area contributed by atoms with Crippen molar-refractivity contribution in [2.75, 3.05) is 19.3 Å². The lowest BCUT2D eigenvalue weighted by Crippen LogP contribution is -2.27. The van der Waals surface area contributed by atoms with Crippen molar-refractivity contribution in [3.8, 4) is 22.6 Å². The lowest BCUT2D eigenvalue weighted by molar-refractivity contribution is 0.454. The van der Waals surface area contributed by atoms with Crippen LogP contribution in [0.5, 0.6) is 0 Å². The third-order valence-corrected chi connectivity index (χ3v) is 7.43. The van der Waals surface area contributed by atoms with E-state index in [9.17, 15) is 12.8 Å². The van der Waals surface area contributed by atoms with Crippen LogP contribution in [0.1, 0.15) is 30.0 Å². The summed E-state index contributed by atoms with van der Waals surface area (Å²) < 4.78 is 39.9. The molecule has 4 N–H and O–H groups in total. The highest BCUT2D eigenvalue weighted by atomic mass is 32.2. The first-order chi connectivity index (χ1) is 17.8. The highest BCUT2D eigenvalue weighted by Crippen LogP contribution is 2.34. The molecule has 11 heteroatoms. The second-order valence-electron chi connectivity index (χ2n) is 9.47. The summed E-state index contributed by atoms with van der Waals surface area (Å²) in [4.78, 5) is 12.9. The zero-order valence-corrected chi connectivity index (χ0v) is 21.0. The molecule has 0 saturated carbocycles. The standard InChI is InChI=1S/C26H26FN7O2S/c1-37(35,36)30-14-15-10-17(12-18(27)11-15)24-19-13-23(31-21(19)6-9-29-24)26-25-22(33-34-26)3-2-20(32-25)16-4-7-28-8-5-16/h2-3,6,9-13,16,28,30-31H,4-5,7-8,14H2,1H3,(H,33,34). The number of aromatic nitrogens is 5. The van der Waals surface area contributed by atoms with Crippen molar-refractivity contribution >= 4 is 32.0 Å². The summed E-state index contributed by atoms with van der Waals surface area (Å²) >= 11 is 0. The predicted molar refractivity (Wildman–Crippen MR) is 141 cm³/mol. The largest absolute Gasteiger partial charge is 0.353 e. The van der Waals surface area contributed by atoms with Gasteiger partial charge in [0, 0.05) is 40.8 Å². The molecule has 0 radical (unpaired) electrons. The summed E-state index contributed by atoms with van der Waals surface area (Å²) in [5, 5.41) is 11.8. The van der Waals surface area contributed by atoms with Crippen LogP contribution in [0.15, 0.2) is 48.7 Å². The summed E-state index contributed by atoms with van der Waals surface area (Å²) in [6.45, 7) is 1.97. The van der Waals surface area contributed by atoms with Gasteiger partial charge in [0.1, 0.15) is 17.0 Å². The maximum absolute atomic E-state index is 14.5. The summed E-state index contributed by atoms with van der Waals surface area (Å²) in [7, 11) is -3.41. The van der Waals surface area contributed by atoms with E-state index in [1.807, 2.05) is 18.2 Å². The molecule has 1 aromatic carbocycles. The van der Waals surface area contributed by atoms with Crippen LogP contribution < -0.4 is 10.0 Å². The molecule has 5 aromatic rings. The average Bonchev–Trinajstić information content (AvgIpc) is 3.51. The Morgan fingerprint density at radius 3 is 2.70 bits per heavy atom. The Balaban J connectivity index is 1.40. The third-order valence-electron chi connectivity index (χ3n) is 6.76. The van der Waals surface area contributed by atoms with Crippen molar-refractivity contribution in [2.24, 2.45) is 0 Å². The number of hydrogen-bond donors (Lipinski definition) is 4. The molecule has 0 atom stereocenters. The summed E-state index contributed by atoms with van der Waals surface area (Å²) in [5.41, 5.74) is 6.70. The minimum Gasteiger partial charge on any atom is -0.353 e. The van der Waals surface area contributed by atoms with Gasteiger partial charge in [0.05, 0.1) is 23.2 Å². The zero-order valence-electron chi connectivity index (χ0n) is 20.2. The second-order valence-corrected chi connectivity index (χ2v) is 11.3. The van der Waals surface area contributed by atoms with Crippen LogP contribution in [0.3, 0.4) is 0 Å². The highest BCUT2D eigenvalue weighted by molar-refractivity contribution is 7.88. The van der Waals surface area contributed by atoms with Gasteiger partial charge < -0.3 is 10.3 Å². The van der Waals surface area contributed by atoms with E-state index in [1.54, 1.807) is 12.3 Å². The Hall–Kier alpha value is -3.67. The van der Waals surface area contributed by atoms with Crippen molar-refractivity contribution in [1.82, 2.24) is 35.2 Å². The first kappa shape index (κ1) is 23.7. The number of benzene rings is 1. The van der Waals surface area contributed by atoms with E-state index >= 15 is 0 Å². The Morgan fingerprint density at radius 1 is 1.05 bits per heavy atom. The van der Waals surface area contributed by atoms with Gasteiger partial charge in [-0.1, -0.05) is 0 Å². The summed E-state index contributed by atoms with van der Waals surface area (Å²) in [5.74, 6) is -0.0448. The Morgan fingerprint density at radius 2 is 1.89 bits per heavy atom. The molecular formula is C26H26FN7O2S. The normalized spacial score (nSPS) is 15.1. The number of sulfonamides is 1. The van der Waals surface area contributed by atoms with Gasteiger partial charge in [-0.3, -0.25) is 10.1 Å². The van der Waals surface area contributed by atoms with Crippen LogP contribution in [-0.4, -0.2) is 52.9 Å². The number of fused-ring (bicyclic) bond motifs is 2. The number of nitrogens with zero attached hydrogens (tertiary/aromatic N) is 3. The molecule has 1 aliphatic heterocycles. The number of halogens is 1. The molecule has 1 saturated heterocycles. The molecule has 190 valence electrons. The molecular weight excluding hydrogens is 493 g/mol. The molecule has 37 heavy (non-hydrogen) atoms. The van der Waals surface area contributed by atoms with Crippen LogP contribution >= 0.6 is 0 Å². The van der Waals surface area contributed by atoms with Gasteiger partial charge in [0.15, 0.2) is 0 Å². The van der Waals surface area contributed by atoms with Crippen LogP contribution in [-0.2, 0) is 16.6 Å². The molecule has 0 bridgehead atoms. The van der Waals surface area contributed by atoms with Crippen molar-refractivity contribution in [3.63, 3.8) is 0 Å². The van der Waals surface area contributed by atoms with E-state index < -0.39 is 15.8 Å². The second kappa shape index (κ2) is 9.33. The number of H-pyrrole nitrogens is 2. The number of nitrogens with one attached hydrogen (secondary N) is 4. The van der Waals surface area contributed by atoms with E-state index in [1.165, 1.54) is 12.1 Å². The van der Waals surface area contributed by atoms with E-state index in [0.29, 0.717) is 28.4 Å². The first-order valence-electron chi connectivity index (χ1n) is 12.1. The Labute approximate surface area is 213 Å². The van der Waals surface area contributed by atoms with Crippen molar-refractivity contribution in [2.45, 2.75) is 25.3 Å². The number of rotatable bonds is 6. The number of pyridine rings is 2. The number of aromatic amines is 2. The molecule has 5 heterocycles. The maximum atomic E-state index is 14.5. The minimum absolute atomic E-state index is 0.0116. The monoisotopic (exact) mass is 519 g/mol. The molecule has 1 aliphatic rings. The number of piperidine rings is 1. The van der Waals surface area contributed by atoms with Gasteiger partial charge in [-0.15, -0.1) is 0 Å². The van der Waals surface area contributed by atoms with E-state index in [4.69, 9.17) is 4.98 Å². The fourth-order valence-corrected chi connectivity index (χ4v) is 5.39. The van der Waals surface area contributed by atoms with Crippen LogP contribution in [0.4, 0.5) is 4.39 Å². The van der Waals surface area contributed by atoms with Gasteiger partial charge in [-0.25, -0.2) is 22.5 Å². The first-order valence-corrected chi connectivity index (χ1v) is 14.0. The van der Waals surface area contributed by atoms with E-state index in [0.717, 1.165) is 65.5 Å². The quantitative estimate of drug-likeness (QED) is 0.270. The highest BCUT2D eigenvalue weighted by Gasteiger charge is 2.20. The molecule has 0 aliphatic carbocycles. The van der Waals surface area contributed by atoms with Gasteiger partial charge in [-0.05, 0) is 74.0 Å². The molecule has 6 rings (SSSR count). The maximum Gasteiger partial charge on any atom is 0.209 e. The predicted octanol–water partition coefficient (Wildman–Crippen LogP) is 3.82. The van der Waals surface area contributed by atoms with Crippen molar-refractivity contribution in [1.29, 1.82) is 0 Å². The van der Waals surface area contributed by atoms with Gasteiger partial charge in [0.2, 0.25) is 10.0 Å². The SMILES string of the molecule is CS(=O)(=O)NCc1cc(F)cc(-c2nccc3[nH]c(-c4n[nH]c5ccc(C6CCNCC6)nc45)cc23)c1. The zero-order chi connectivity index (χ0) is 25.6. The number of hydrogen-bond acceptors (Lipinski definition) is 6.